The number of pyridine rings is 1. The topological polar surface area (TPSA) is 67.3 Å². The summed E-state index contributed by atoms with van der Waals surface area (Å²) in [6.45, 7) is 2.02. The highest BCUT2D eigenvalue weighted by molar-refractivity contribution is 7.15. The number of hydrogen-bond acceptors (Lipinski definition) is 7. The van der Waals surface area contributed by atoms with Crippen LogP contribution in [0.5, 0.6) is 0 Å². The van der Waals surface area contributed by atoms with Gasteiger partial charge in [0.2, 0.25) is 0 Å². The fraction of sp³-hybridized carbons (Fsp3) is 0.267. The van der Waals surface area contributed by atoms with Crippen molar-refractivity contribution in [2.45, 2.75) is 13.0 Å². The van der Waals surface area contributed by atoms with Gasteiger partial charge >= 0.3 is 5.97 Å². The number of hydrogen-bond donors (Lipinski definition) is 1. The number of carbonyl (C=O) groups is 1. The highest BCUT2D eigenvalue weighted by Crippen LogP contribution is 2.32. The maximum Gasteiger partial charge on any atom is 0.328 e. The van der Waals surface area contributed by atoms with Crippen LogP contribution >= 0.6 is 11.3 Å². The first-order valence-electron chi connectivity index (χ1n) is 6.78. The zero-order valence-corrected chi connectivity index (χ0v) is 13.3. The van der Waals surface area contributed by atoms with E-state index in [1.807, 2.05) is 32.2 Å². The molecule has 0 spiro atoms. The summed E-state index contributed by atoms with van der Waals surface area (Å²) in [7, 11) is 3.24. The summed E-state index contributed by atoms with van der Waals surface area (Å²) in [5, 5.41) is 2.72. The molecule has 0 bridgehead atoms. The fourth-order valence-corrected chi connectivity index (χ4v) is 3.23. The molecule has 1 unspecified atom stereocenters. The largest absolute Gasteiger partial charge is 0.468 e. The molecule has 1 aliphatic rings. The normalized spacial score (nSPS) is 17.5. The highest BCUT2D eigenvalue weighted by Gasteiger charge is 2.29. The lowest BCUT2D eigenvalue weighted by Crippen LogP contribution is -2.39. The van der Waals surface area contributed by atoms with Gasteiger partial charge in [0.15, 0.2) is 0 Å². The summed E-state index contributed by atoms with van der Waals surface area (Å²) >= 11 is 1.61. The minimum Gasteiger partial charge on any atom is -0.468 e. The number of aromatic nitrogens is 2. The van der Waals surface area contributed by atoms with Crippen LogP contribution in [0.25, 0.3) is 16.3 Å². The molecule has 3 heterocycles. The van der Waals surface area contributed by atoms with Crippen LogP contribution in [0.1, 0.15) is 10.6 Å². The Kier molecular flexibility index (Phi) is 3.91. The lowest BCUT2D eigenvalue weighted by Gasteiger charge is -2.17. The molecule has 1 atom stereocenters. The third-order valence-electron chi connectivity index (χ3n) is 3.42. The minimum absolute atomic E-state index is 0.317. The molecule has 2 aromatic heterocycles. The van der Waals surface area contributed by atoms with Gasteiger partial charge < -0.3 is 9.75 Å². The highest BCUT2D eigenvalue weighted by atomic mass is 32.1. The number of ether oxygens (including phenoxy) is 1. The maximum absolute atomic E-state index is 11.7. The molecular formula is C15H16N4O2S. The van der Waals surface area contributed by atoms with Crippen LogP contribution in [-0.4, -0.2) is 41.1 Å². The average molecular weight is 316 g/mol. The monoisotopic (exact) mass is 316 g/mol. The van der Waals surface area contributed by atoms with Crippen LogP contribution in [0.4, 0.5) is 0 Å². The van der Waals surface area contributed by atoms with Gasteiger partial charge in [-0.3, -0.25) is 4.98 Å². The molecular weight excluding hydrogens is 300 g/mol. The molecule has 2 aromatic rings. The standard InChI is InChI=1S/C15H16N4O2S/c1-9-13(12-7-11(15(20)21-3)18-19(12)2)17-14(22-9)10-5-4-6-16-8-10/h4-8,11,18H,1-3H3. The summed E-state index contributed by atoms with van der Waals surface area (Å²) in [4.78, 5) is 21.6. The van der Waals surface area contributed by atoms with Gasteiger partial charge in [0.25, 0.3) is 0 Å². The lowest BCUT2D eigenvalue weighted by atomic mass is 10.2. The number of nitrogens with zero attached hydrogens (tertiary/aromatic N) is 3. The molecule has 1 N–H and O–H groups in total. The molecule has 0 saturated carbocycles. The van der Waals surface area contributed by atoms with Crippen LogP contribution in [0, 0.1) is 6.92 Å². The van der Waals surface area contributed by atoms with Crippen LogP contribution in [-0.2, 0) is 9.53 Å². The van der Waals surface area contributed by atoms with Crippen molar-refractivity contribution in [1.29, 1.82) is 0 Å². The zero-order chi connectivity index (χ0) is 15.7. The SMILES string of the molecule is COC(=O)C1C=C(c2nc(-c3cccnc3)sc2C)N(C)N1. The molecule has 114 valence electrons. The number of rotatable bonds is 3. The second-order valence-corrected chi connectivity index (χ2v) is 6.11. The number of aryl methyl sites for hydroxylation is 1. The van der Waals surface area contributed by atoms with Crippen molar-refractivity contribution in [2.75, 3.05) is 14.2 Å². The summed E-state index contributed by atoms with van der Waals surface area (Å²) in [5.74, 6) is -0.317. The van der Waals surface area contributed by atoms with E-state index >= 15 is 0 Å². The van der Waals surface area contributed by atoms with E-state index < -0.39 is 6.04 Å². The molecule has 0 amide bonds. The Labute approximate surface area is 132 Å². The van der Waals surface area contributed by atoms with Crippen molar-refractivity contribution in [1.82, 2.24) is 20.4 Å². The predicted molar refractivity (Wildman–Crippen MR) is 84.8 cm³/mol. The second kappa shape index (κ2) is 5.86. The Hall–Kier alpha value is -2.25. The number of carbonyl (C=O) groups excluding carboxylic acids is 1. The Morgan fingerprint density at radius 3 is 3.00 bits per heavy atom. The molecule has 0 aromatic carbocycles. The molecule has 7 heteroatoms. The van der Waals surface area contributed by atoms with Crippen molar-refractivity contribution in [3.05, 3.63) is 41.2 Å². The van der Waals surface area contributed by atoms with Crippen molar-refractivity contribution < 1.29 is 9.53 Å². The number of esters is 1. The van der Waals surface area contributed by atoms with Gasteiger partial charge in [-0.2, -0.15) is 0 Å². The van der Waals surface area contributed by atoms with Crippen LogP contribution in [0.15, 0.2) is 30.6 Å². The third kappa shape index (κ3) is 2.60. The van der Waals surface area contributed by atoms with Crippen LogP contribution in [0.3, 0.4) is 0 Å². The van der Waals surface area contributed by atoms with Crippen molar-refractivity contribution in [3.8, 4) is 10.6 Å². The van der Waals surface area contributed by atoms with E-state index in [2.05, 4.69) is 10.4 Å². The minimum atomic E-state index is -0.479. The summed E-state index contributed by atoms with van der Waals surface area (Å²) in [6, 6.07) is 3.40. The Morgan fingerprint density at radius 2 is 2.32 bits per heavy atom. The lowest BCUT2D eigenvalue weighted by molar-refractivity contribution is -0.142. The average Bonchev–Trinajstić information content (AvgIpc) is 3.10. The Balaban J connectivity index is 1.96. The smallest absolute Gasteiger partial charge is 0.328 e. The molecule has 0 fully saturated rings. The van der Waals surface area contributed by atoms with Crippen molar-refractivity contribution >= 4 is 23.0 Å². The predicted octanol–water partition coefficient (Wildman–Crippen LogP) is 1.85. The fourth-order valence-electron chi connectivity index (χ4n) is 2.32. The number of thiazole rings is 1. The molecule has 0 aliphatic carbocycles. The van der Waals surface area contributed by atoms with Crippen molar-refractivity contribution in [3.63, 3.8) is 0 Å². The molecule has 22 heavy (non-hydrogen) atoms. The van der Waals surface area contributed by atoms with Gasteiger partial charge in [0.05, 0.1) is 12.8 Å². The maximum atomic E-state index is 11.7. The molecule has 0 saturated heterocycles. The third-order valence-corrected chi connectivity index (χ3v) is 4.44. The first-order valence-corrected chi connectivity index (χ1v) is 7.59. The summed E-state index contributed by atoms with van der Waals surface area (Å²) < 4.78 is 4.77. The number of methoxy groups -OCH3 is 1. The molecule has 0 radical (unpaired) electrons. The number of hydrazine groups is 1. The van der Waals surface area contributed by atoms with Gasteiger partial charge in [-0.05, 0) is 25.1 Å². The quantitative estimate of drug-likeness (QED) is 0.872. The van der Waals surface area contributed by atoms with E-state index in [1.165, 1.54) is 7.11 Å². The van der Waals surface area contributed by atoms with E-state index in [9.17, 15) is 4.79 Å². The zero-order valence-electron chi connectivity index (χ0n) is 12.5. The van der Waals surface area contributed by atoms with Gasteiger partial charge in [-0.25, -0.2) is 15.2 Å². The molecule has 1 aliphatic heterocycles. The van der Waals surface area contributed by atoms with E-state index in [4.69, 9.17) is 9.72 Å². The van der Waals surface area contributed by atoms with Gasteiger partial charge in [-0.1, -0.05) is 0 Å². The van der Waals surface area contributed by atoms with E-state index in [0.29, 0.717) is 0 Å². The van der Waals surface area contributed by atoms with Gasteiger partial charge in [0.1, 0.15) is 16.7 Å². The van der Waals surface area contributed by atoms with Gasteiger partial charge in [0, 0.05) is 29.9 Å². The Morgan fingerprint density at radius 1 is 1.50 bits per heavy atom. The number of nitrogens with one attached hydrogen (secondary N) is 1. The van der Waals surface area contributed by atoms with E-state index in [1.54, 1.807) is 28.7 Å². The Bertz CT molecular complexity index is 726. The van der Waals surface area contributed by atoms with Crippen molar-refractivity contribution in [2.24, 2.45) is 0 Å². The van der Waals surface area contributed by atoms with E-state index in [0.717, 1.165) is 26.8 Å². The first-order chi connectivity index (χ1) is 10.6. The molecule has 3 rings (SSSR count). The van der Waals surface area contributed by atoms with E-state index in [-0.39, 0.29) is 5.97 Å². The summed E-state index contributed by atoms with van der Waals surface area (Å²) in [5.41, 5.74) is 5.77. The summed E-state index contributed by atoms with van der Waals surface area (Å²) in [6.07, 6.45) is 5.37. The molecule has 6 nitrogen and oxygen atoms in total. The first kappa shape index (κ1) is 14.7. The van der Waals surface area contributed by atoms with Crippen LogP contribution in [0.2, 0.25) is 0 Å². The second-order valence-electron chi connectivity index (χ2n) is 4.91. The van der Waals surface area contributed by atoms with Crippen LogP contribution < -0.4 is 5.43 Å². The van der Waals surface area contributed by atoms with Gasteiger partial charge in [-0.15, -0.1) is 11.3 Å².